The fourth-order valence-electron chi connectivity index (χ4n) is 6.45. The van der Waals surface area contributed by atoms with Crippen LogP contribution in [0.4, 0.5) is 0 Å². The number of hydrogen-bond donors (Lipinski definition) is 8. The van der Waals surface area contributed by atoms with Gasteiger partial charge in [0, 0.05) is 52.1 Å². The molecule has 0 aromatic carbocycles. The number of nitrogens with two attached hydrogens (primary N) is 1. The Balaban J connectivity index is 3.59. The summed E-state index contributed by atoms with van der Waals surface area (Å²) < 4.78 is 21.6. The van der Waals surface area contributed by atoms with Gasteiger partial charge in [0.1, 0.15) is 25.3 Å². The lowest BCUT2D eigenvalue weighted by molar-refractivity contribution is -0.142. The second-order valence-electron chi connectivity index (χ2n) is 16.1. The Morgan fingerprint density at radius 3 is 1.23 bits per heavy atom. The third kappa shape index (κ3) is 43.3. The van der Waals surface area contributed by atoms with Gasteiger partial charge in [-0.05, 0) is 51.4 Å². The third-order valence-corrected chi connectivity index (χ3v) is 10.2. The maximum Gasteiger partial charge on any atom is 0.326 e. The number of carboxylic acids is 3. The minimum atomic E-state index is -1.16. The number of ether oxygens (including phenoxy) is 4. The zero-order chi connectivity index (χ0) is 47.3. The number of unbranched alkanes of at least 4 members (excludes halogenated alkanes) is 16. The van der Waals surface area contributed by atoms with E-state index >= 15 is 0 Å². The quantitative estimate of drug-likeness (QED) is 0.0397. The number of carbonyl (C=O) groups excluding carboxylic acids is 4. The van der Waals surface area contributed by atoms with Crippen molar-refractivity contribution in [3.8, 4) is 0 Å². The predicted molar refractivity (Wildman–Crippen MR) is 241 cm³/mol. The van der Waals surface area contributed by atoms with Crippen LogP contribution >= 0.6 is 0 Å². The first-order valence-electron chi connectivity index (χ1n) is 23.8. The van der Waals surface area contributed by atoms with Gasteiger partial charge in [-0.15, -0.1) is 0 Å². The van der Waals surface area contributed by atoms with Crippen LogP contribution in [-0.4, -0.2) is 141 Å². The highest BCUT2D eigenvalue weighted by Crippen LogP contribution is 2.14. The van der Waals surface area contributed by atoms with Gasteiger partial charge < -0.3 is 61.3 Å². The largest absolute Gasteiger partial charge is 0.481 e. The minimum Gasteiger partial charge on any atom is -0.481 e. The molecule has 0 aliphatic rings. The molecule has 0 saturated carbocycles. The Bertz CT molecular complexity index is 1240. The molecule has 19 nitrogen and oxygen atoms in total. The summed E-state index contributed by atoms with van der Waals surface area (Å²) in [6.45, 7) is 2.95. The molecule has 0 bridgehead atoms. The van der Waals surface area contributed by atoms with E-state index in [1.807, 2.05) is 0 Å². The second-order valence-corrected chi connectivity index (χ2v) is 16.1. The Morgan fingerprint density at radius 1 is 0.391 bits per heavy atom. The summed E-state index contributed by atoms with van der Waals surface area (Å²) in [4.78, 5) is 81.0. The molecule has 0 rings (SSSR count). The van der Waals surface area contributed by atoms with E-state index in [9.17, 15) is 38.7 Å². The van der Waals surface area contributed by atoms with Crippen LogP contribution in [0.15, 0.2) is 0 Å². The van der Waals surface area contributed by atoms with Gasteiger partial charge in [0.15, 0.2) is 0 Å². The molecule has 64 heavy (non-hydrogen) atoms. The Morgan fingerprint density at radius 2 is 0.797 bits per heavy atom. The molecule has 2 atom stereocenters. The van der Waals surface area contributed by atoms with E-state index in [0.29, 0.717) is 97.8 Å². The molecule has 0 radical (unpaired) electrons. The average Bonchev–Trinajstić information content (AvgIpc) is 3.25. The first-order chi connectivity index (χ1) is 30.9. The molecule has 9 N–H and O–H groups in total. The van der Waals surface area contributed by atoms with Gasteiger partial charge in [0.25, 0.3) is 0 Å². The fourth-order valence-corrected chi connectivity index (χ4v) is 6.45. The van der Waals surface area contributed by atoms with Gasteiger partial charge in [-0.3, -0.25) is 28.8 Å². The van der Waals surface area contributed by atoms with Crippen LogP contribution in [0.1, 0.15) is 161 Å². The SMILES string of the molecule is N[C@@H](CCCCNC(=O)COCC(=O)NCCCOCCOCCOCCCNC(=O)CC[C@H](NC(=O)CCCCCCCCCCCCCCCCCCC(=O)O)C(=O)O)C(=O)O. The maximum absolute atomic E-state index is 12.4. The molecule has 372 valence electrons. The zero-order valence-electron chi connectivity index (χ0n) is 38.5. The smallest absolute Gasteiger partial charge is 0.326 e. The number of rotatable bonds is 48. The number of nitrogens with one attached hydrogen (secondary N) is 4. The topological polar surface area (TPSA) is 291 Å². The molecule has 0 fully saturated rings. The number of carboxylic acid groups (broad SMARTS) is 3. The van der Waals surface area contributed by atoms with Crippen LogP contribution in [0.5, 0.6) is 0 Å². The normalized spacial score (nSPS) is 12.0. The number of carbonyl (C=O) groups is 7. The summed E-state index contributed by atoms with van der Waals surface area (Å²) in [6, 6.07) is -2.02. The standard InChI is InChI=1S/C45H83N5O14/c46-37(44(57)58)21-17-18-26-48-41(53)35-64-36-42(54)49-28-20-30-62-32-34-63-33-31-61-29-19-27-47-39(51)25-24-38(45(59)60)50-40(52)22-15-13-11-9-7-5-3-1-2-4-6-8-10-12-14-16-23-43(55)56/h37-38H,1-36,46H2,(H,47,51)(H,48,53)(H,49,54)(H,50,52)(H,55,56)(H,57,58)(H,59,60)/t37-,38-/m0/s1. The highest BCUT2D eigenvalue weighted by Gasteiger charge is 2.21. The molecule has 0 aromatic rings. The van der Waals surface area contributed by atoms with E-state index < -0.39 is 30.0 Å². The van der Waals surface area contributed by atoms with E-state index in [4.69, 9.17) is 34.9 Å². The molecule has 0 saturated heterocycles. The average molecular weight is 918 g/mol. The van der Waals surface area contributed by atoms with Crippen LogP contribution in [0.2, 0.25) is 0 Å². The monoisotopic (exact) mass is 918 g/mol. The molecule has 0 heterocycles. The molecule has 0 unspecified atom stereocenters. The van der Waals surface area contributed by atoms with Gasteiger partial charge in [0.2, 0.25) is 23.6 Å². The predicted octanol–water partition coefficient (Wildman–Crippen LogP) is 4.22. The van der Waals surface area contributed by atoms with Crippen molar-refractivity contribution in [1.82, 2.24) is 21.3 Å². The minimum absolute atomic E-state index is 0.00959. The Kier molecular flexibility index (Phi) is 41.6. The van der Waals surface area contributed by atoms with Crippen molar-refractivity contribution >= 4 is 41.5 Å². The van der Waals surface area contributed by atoms with E-state index in [1.54, 1.807) is 0 Å². The van der Waals surface area contributed by atoms with Gasteiger partial charge in [-0.1, -0.05) is 89.9 Å². The van der Waals surface area contributed by atoms with E-state index in [0.717, 1.165) is 38.5 Å². The number of aliphatic carboxylic acids is 3. The van der Waals surface area contributed by atoms with Crippen molar-refractivity contribution in [3.63, 3.8) is 0 Å². The lowest BCUT2D eigenvalue weighted by Crippen LogP contribution is -2.41. The highest BCUT2D eigenvalue weighted by atomic mass is 16.5. The lowest BCUT2D eigenvalue weighted by atomic mass is 10.0. The van der Waals surface area contributed by atoms with Crippen LogP contribution in [0.25, 0.3) is 0 Å². The molecule has 0 aliphatic heterocycles. The van der Waals surface area contributed by atoms with Crippen molar-refractivity contribution in [2.45, 2.75) is 173 Å². The molecular formula is C45H83N5O14. The summed E-state index contributed by atoms with van der Waals surface area (Å²) in [7, 11) is 0. The summed E-state index contributed by atoms with van der Waals surface area (Å²) in [5.74, 6) is -4.23. The van der Waals surface area contributed by atoms with Crippen molar-refractivity contribution in [3.05, 3.63) is 0 Å². The Hall–Kier alpha value is -3.91. The number of hydrogen-bond acceptors (Lipinski definition) is 12. The van der Waals surface area contributed by atoms with Gasteiger partial charge >= 0.3 is 17.9 Å². The van der Waals surface area contributed by atoms with Crippen molar-refractivity contribution in [1.29, 1.82) is 0 Å². The Labute approximate surface area is 380 Å². The van der Waals surface area contributed by atoms with Crippen molar-refractivity contribution in [2.24, 2.45) is 5.73 Å². The second kappa shape index (κ2) is 44.3. The highest BCUT2D eigenvalue weighted by molar-refractivity contribution is 5.84. The van der Waals surface area contributed by atoms with Crippen molar-refractivity contribution < 1.29 is 67.8 Å². The molecule has 0 spiro atoms. The molecule has 0 aromatic heterocycles. The molecule has 19 heteroatoms. The van der Waals surface area contributed by atoms with Crippen LogP contribution < -0.4 is 27.0 Å². The third-order valence-electron chi connectivity index (χ3n) is 10.2. The van der Waals surface area contributed by atoms with Crippen LogP contribution in [0.3, 0.4) is 0 Å². The molecule has 4 amide bonds. The van der Waals surface area contributed by atoms with Crippen LogP contribution in [0, 0.1) is 0 Å². The maximum atomic E-state index is 12.4. The summed E-state index contributed by atoms with van der Waals surface area (Å²) >= 11 is 0. The first kappa shape index (κ1) is 60.1. The van der Waals surface area contributed by atoms with Crippen molar-refractivity contribution in [2.75, 3.05) is 72.5 Å². The lowest BCUT2D eigenvalue weighted by Gasteiger charge is -2.14. The van der Waals surface area contributed by atoms with Gasteiger partial charge in [-0.25, -0.2) is 4.79 Å². The molecular weight excluding hydrogens is 835 g/mol. The summed E-state index contributed by atoms with van der Waals surface area (Å²) in [6.07, 6.45) is 21.1. The van der Waals surface area contributed by atoms with E-state index in [2.05, 4.69) is 21.3 Å². The number of amides is 4. The van der Waals surface area contributed by atoms with E-state index in [-0.39, 0.29) is 62.5 Å². The van der Waals surface area contributed by atoms with E-state index in [1.165, 1.54) is 57.8 Å². The zero-order valence-corrected chi connectivity index (χ0v) is 38.5. The first-order valence-corrected chi connectivity index (χ1v) is 23.8. The van der Waals surface area contributed by atoms with Crippen LogP contribution in [-0.2, 0) is 52.5 Å². The van der Waals surface area contributed by atoms with Gasteiger partial charge in [-0.2, -0.15) is 0 Å². The molecule has 0 aliphatic carbocycles. The van der Waals surface area contributed by atoms with Gasteiger partial charge in [0.05, 0.1) is 26.4 Å². The summed E-state index contributed by atoms with van der Waals surface area (Å²) in [5.41, 5.74) is 5.42. The fraction of sp³-hybridized carbons (Fsp3) is 0.844. The summed E-state index contributed by atoms with van der Waals surface area (Å²) in [5, 5.41) is 37.5.